The highest BCUT2D eigenvalue weighted by atomic mass is 16.3. The zero-order valence-electron chi connectivity index (χ0n) is 7.20. The van der Waals surface area contributed by atoms with Crippen LogP contribution in [-0.2, 0) is 0 Å². The van der Waals surface area contributed by atoms with E-state index in [1.807, 2.05) is 25.1 Å². The van der Waals surface area contributed by atoms with Crippen LogP contribution >= 0.6 is 0 Å². The van der Waals surface area contributed by atoms with Crippen LogP contribution in [0.1, 0.15) is 16.1 Å². The van der Waals surface area contributed by atoms with Crippen LogP contribution in [0.25, 0.3) is 11.0 Å². The van der Waals surface area contributed by atoms with Crippen molar-refractivity contribution in [1.29, 1.82) is 0 Å². The van der Waals surface area contributed by atoms with Crippen LogP contribution < -0.4 is 5.73 Å². The van der Waals surface area contributed by atoms with Crippen LogP contribution in [0.15, 0.2) is 28.7 Å². The molecule has 0 aliphatic carbocycles. The molecule has 2 N–H and O–H groups in total. The van der Waals surface area contributed by atoms with Crippen molar-refractivity contribution in [2.45, 2.75) is 6.92 Å². The molecule has 0 unspecified atom stereocenters. The van der Waals surface area contributed by atoms with E-state index in [2.05, 4.69) is 0 Å². The zero-order chi connectivity index (χ0) is 9.42. The molecule has 0 radical (unpaired) electrons. The Morgan fingerprint density at radius 3 is 2.85 bits per heavy atom. The number of benzene rings is 1. The monoisotopic (exact) mass is 175 g/mol. The lowest BCUT2D eigenvalue weighted by atomic mass is 10.2. The summed E-state index contributed by atoms with van der Waals surface area (Å²) in [5, 5.41) is 0.911. The smallest absolute Gasteiger partial charge is 0.284 e. The summed E-state index contributed by atoms with van der Waals surface area (Å²) in [5.74, 6) is -0.325. The summed E-state index contributed by atoms with van der Waals surface area (Å²) >= 11 is 0. The molecule has 2 aromatic rings. The average Bonchev–Trinajstić information content (AvgIpc) is 2.46. The summed E-state index contributed by atoms with van der Waals surface area (Å²) in [6.07, 6.45) is 0. The molecule has 0 aliphatic rings. The van der Waals surface area contributed by atoms with Gasteiger partial charge in [-0.2, -0.15) is 0 Å². The number of furan rings is 1. The van der Waals surface area contributed by atoms with Crippen LogP contribution in [0.2, 0.25) is 0 Å². The SMILES string of the molecule is Cc1ccc2oc(C(N)=O)cc2c1. The van der Waals surface area contributed by atoms with Gasteiger partial charge in [-0.05, 0) is 25.1 Å². The van der Waals surface area contributed by atoms with Crippen molar-refractivity contribution in [3.63, 3.8) is 0 Å². The molecule has 2 rings (SSSR count). The summed E-state index contributed by atoms with van der Waals surface area (Å²) in [6.45, 7) is 1.98. The standard InChI is InChI=1S/C10H9NO2/c1-6-2-3-8-7(4-6)5-9(13-8)10(11)12/h2-5H,1H3,(H2,11,12). The van der Waals surface area contributed by atoms with Gasteiger partial charge in [0.2, 0.25) is 0 Å². The number of nitrogens with two attached hydrogens (primary N) is 1. The molecule has 0 fully saturated rings. The maximum absolute atomic E-state index is 10.8. The predicted octanol–water partition coefficient (Wildman–Crippen LogP) is 1.84. The summed E-state index contributed by atoms with van der Waals surface area (Å²) in [6, 6.07) is 7.36. The number of carbonyl (C=O) groups excluding carboxylic acids is 1. The lowest BCUT2D eigenvalue weighted by Crippen LogP contribution is -2.08. The quantitative estimate of drug-likeness (QED) is 0.718. The third-order valence-corrected chi connectivity index (χ3v) is 1.91. The largest absolute Gasteiger partial charge is 0.451 e. The van der Waals surface area contributed by atoms with E-state index >= 15 is 0 Å². The van der Waals surface area contributed by atoms with Crippen molar-refractivity contribution < 1.29 is 9.21 Å². The third kappa shape index (κ3) is 1.28. The minimum absolute atomic E-state index is 0.209. The number of fused-ring (bicyclic) bond motifs is 1. The second-order valence-electron chi connectivity index (χ2n) is 3.02. The van der Waals surface area contributed by atoms with Gasteiger partial charge in [0.25, 0.3) is 5.91 Å². The third-order valence-electron chi connectivity index (χ3n) is 1.91. The van der Waals surface area contributed by atoms with Gasteiger partial charge in [0.05, 0.1) is 0 Å². The zero-order valence-corrected chi connectivity index (χ0v) is 7.20. The molecule has 1 aromatic heterocycles. The molecule has 0 saturated heterocycles. The Balaban J connectivity index is 2.68. The molecule has 1 heterocycles. The van der Waals surface area contributed by atoms with Gasteiger partial charge in [0.15, 0.2) is 5.76 Å². The van der Waals surface area contributed by atoms with E-state index in [-0.39, 0.29) is 5.76 Å². The van der Waals surface area contributed by atoms with Crippen molar-refractivity contribution >= 4 is 16.9 Å². The number of carbonyl (C=O) groups is 1. The van der Waals surface area contributed by atoms with Crippen molar-refractivity contribution in [3.8, 4) is 0 Å². The Kier molecular flexibility index (Phi) is 1.59. The fourth-order valence-electron chi connectivity index (χ4n) is 1.28. The minimum Gasteiger partial charge on any atom is -0.451 e. The van der Waals surface area contributed by atoms with E-state index in [1.54, 1.807) is 6.07 Å². The summed E-state index contributed by atoms with van der Waals surface area (Å²) in [5.41, 5.74) is 6.91. The molecule has 0 bridgehead atoms. The first-order valence-electron chi connectivity index (χ1n) is 3.97. The lowest BCUT2D eigenvalue weighted by molar-refractivity contribution is 0.0976. The molecule has 3 nitrogen and oxygen atoms in total. The molecule has 0 spiro atoms. The summed E-state index contributed by atoms with van der Waals surface area (Å²) < 4.78 is 5.21. The normalized spacial score (nSPS) is 10.5. The topological polar surface area (TPSA) is 56.2 Å². The van der Waals surface area contributed by atoms with Crippen LogP contribution in [-0.4, -0.2) is 5.91 Å². The molecule has 3 heteroatoms. The van der Waals surface area contributed by atoms with E-state index < -0.39 is 5.91 Å². The number of hydrogen-bond acceptors (Lipinski definition) is 2. The molecule has 66 valence electrons. The van der Waals surface area contributed by atoms with E-state index in [9.17, 15) is 4.79 Å². The van der Waals surface area contributed by atoms with Crippen molar-refractivity contribution in [1.82, 2.24) is 0 Å². The van der Waals surface area contributed by atoms with E-state index in [0.717, 1.165) is 10.9 Å². The number of hydrogen-bond donors (Lipinski definition) is 1. The minimum atomic E-state index is -0.533. The number of aryl methyl sites for hydroxylation is 1. The highest BCUT2D eigenvalue weighted by Gasteiger charge is 2.07. The molecule has 0 atom stereocenters. The Bertz CT molecular complexity index is 471. The van der Waals surface area contributed by atoms with Gasteiger partial charge in [0, 0.05) is 5.39 Å². The number of rotatable bonds is 1. The maximum Gasteiger partial charge on any atom is 0.284 e. The molecular formula is C10H9NO2. The highest BCUT2D eigenvalue weighted by Crippen LogP contribution is 2.19. The first-order chi connectivity index (χ1) is 6.16. The summed E-state index contributed by atoms with van der Waals surface area (Å²) in [4.78, 5) is 10.8. The summed E-state index contributed by atoms with van der Waals surface area (Å²) in [7, 11) is 0. The average molecular weight is 175 g/mol. The van der Waals surface area contributed by atoms with E-state index in [4.69, 9.17) is 10.2 Å². The van der Waals surface area contributed by atoms with Gasteiger partial charge >= 0.3 is 0 Å². The first-order valence-corrected chi connectivity index (χ1v) is 3.97. The number of amides is 1. The molecule has 1 amide bonds. The molecule has 13 heavy (non-hydrogen) atoms. The number of primary amides is 1. The van der Waals surface area contributed by atoms with Gasteiger partial charge in [-0.15, -0.1) is 0 Å². The van der Waals surface area contributed by atoms with Gasteiger partial charge in [-0.3, -0.25) is 4.79 Å². The van der Waals surface area contributed by atoms with Gasteiger partial charge in [-0.1, -0.05) is 11.6 Å². The fraction of sp³-hybridized carbons (Fsp3) is 0.100. The van der Waals surface area contributed by atoms with Gasteiger partial charge < -0.3 is 10.2 Å². The second kappa shape index (κ2) is 2.62. The maximum atomic E-state index is 10.8. The van der Waals surface area contributed by atoms with E-state index in [1.165, 1.54) is 0 Å². The Morgan fingerprint density at radius 2 is 2.15 bits per heavy atom. The lowest BCUT2D eigenvalue weighted by Gasteiger charge is -1.89. The fourth-order valence-corrected chi connectivity index (χ4v) is 1.28. The second-order valence-corrected chi connectivity index (χ2v) is 3.02. The Morgan fingerprint density at radius 1 is 1.38 bits per heavy atom. The van der Waals surface area contributed by atoms with Crippen LogP contribution in [0, 0.1) is 6.92 Å². The Hall–Kier alpha value is -1.77. The van der Waals surface area contributed by atoms with Crippen molar-refractivity contribution in [2.24, 2.45) is 5.73 Å². The van der Waals surface area contributed by atoms with Crippen LogP contribution in [0.4, 0.5) is 0 Å². The van der Waals surface area contributed by atoms with Crippen molar-refractivity contribution in [2.75, 3.05) is 0 Å². The molecule has 1 aromatic carbocycles. The molecule has 0 saturated carbocycles. The first kappa shape index (κ1) is 7.86. The highest BCUT2D eigenvalue weighted by molar-refractivity contribution is 5.95. The van der Waals surface area contributed by atoms with Crippen LogP contribution in [0.5, 0.6) is 0 Å². The van der Waals surface area contributed by atoms with E-state index in [0.29, 0.717) is 5.58 Å². The van der Waals surface area contributed by atoms with Gasteiger partial charge in [-0.25, -0.2) is 0 Å². The van der Waals surface area contributed by atoms with Crippen LogP contribution in [0.3, 0.4) is 0 Å². The van der Waals surface area contributed by atoms with Crippen molar-refractivity contribution in [3.05, 3.63) is 35.6 Å². The molecule has 0 aliphatic heterocycles. The molecular weight excluding hydrogens is 166 g/mol. The van der Waals surface area contributed by atoms with Gasteiger partial charge in [0.1, 0.15) is 5.58 Å². The Labute approximate surface area is 75.1 Å². The predicted molar refractivity (Wildman–Crippen MR) is 49.5 cm³/mol.